The normalized spacial score (nSPS) is 43.3. The molecule has 3 unspecified atom stereocenters. The van der Waals surface area contributed by atoms with Crippen LogP contribution in [-0.2, 0) is 4.79 Å². The molecule has 1 aliphatic heterocycles. The fourth-order valence-electron chi connectivity index (χ4n) is 2.04. The quantitative estimate of drug-likeness (QED) is 0.641. The summed E-state index contributed by atoms with van der Waals surface area (Å²) >= 11 is 0. The number of carboxylic acids is 1. The molecule has 3 nitrogen and oxygen atoms in total. The van der Waals surface area contributed by atoms with Crippen molar-refractivity contribution in [1.29, 1.82) is 0 Å². The molecule has 3 heteroatoms. The number of likely N-dealkylation sites (tertiary alicyclic amines) is 1. The van der Waals surface area contributed by atoms with Crippen LogP contribution < -0.4 is 0 Å². The maximum Gasteiger partial charge on any atom is 0.311 e. The molecule has 0 aromatic heterocycles. The van der Waals surface area contributed by atoms with E-state index in [0.29, 0.717) is 0 Å². The van der Waals surface area contributed by atoms with Crippen molar-refractivity contribution in [3.63, 3.8) is 0 Å². The molecule has 12 heavy (non-hydrogen) atoms. The predicted molar refractivity (Wildman–Crippen MR) is 47.0 cm³/mol. The first-order chi connectivity index (χ1) is 5.40. The molecule has 0 aliphatic carbocycles. The Kier molecular flexibility index (Phi) is 2.17. The molecule has 1 heterocycles. The highest BCUT2D eigenvalue weighted by molar-refractivity contribution is 5.76. The van der Waals surface area contributed by atoms with E-state index < -0.39 is 11.4 Å². The summed E-state index contributed by atoms with van der Waals surface area (Å²) in [5.41, 5.74) is -0.575. The first-order valence-corrected chi connectivity index (χ1v) is 4.34. The summed E-state index contributed by atoms with van der Waals surface area (Å²) in [5.74, 6) is -0.443. The number of hydrogen-bond acceptors (Lipinski definition) is 2. The molecule has 1 N–H and O–H groups in total. The second-order valence-corrected chi connectivity index (χ2v) is 4.10. The van der Waals surface area contributed by atoms with Gasteiger partial charge in [-0.1, -0.05) is 6.92 Å². The van der Waals surface area contributed by atoms with Gasteiger partial charge in [-0.3, -0.25) is 4.79 Å². The Hall–Kier alpha value is -0.570. The summed E-state index contributed by atoms with van der Waals surface area (Å²) in [6, 6.07) is 0.130. The highest BCUT2D eigenvalue weighted by Crippen LogP contribution is 2.40. The first kappa shape index (κ1) is 9.52. The van der Waals surface area contributed by atoms with E-state index >= 15 is 0 Å². The lowest BCUT2D eigenvalue weighted by molar-refractivity contribution is -0.150. The van der Waals surface area contributed by atoms with E-state index in [0.717, 1.165) is 6.54 Å². The van der Waals surface area contributed by atoms with Crippen molar-refractivity contribution in [2.24, 2.45) is 11.3 Å². The third-order valence-electron chi connectivity index (χ3n) is 3.58. The van der Waals surface area contributed by atoms with Crippen LogP contribution in [-0.4, -0.2) is 35.6 Å². The van der Waals surface area contributed by atoms with Crippen molar-refractivity contribution >= 4 is 5.97 Å². The molecule has 1 aliphatic rings. The maximum atomic E-state index is 11.1. The van der Waals surface area contributed by atoms with E-state index in [1.54, 1.807) is 0 Å². The molecule has 0 aromatic carbocycles. The van der Waals surface area contributed by atoms with Gasteiger partial charge in [0.05, 0.1) is 5.41 Å². The van der Waals surface area contributed by atoms with Gasteiger partial charge in [0.15, 0.2) is 0 Å². The summed E-state index contributed by atoms with van der Waals surface area (Å²) in [5, 5.41) is 9.10. The average molecular weight is 171 g/mol. The molecular formula is C9H17NO2. The standard InChI is InChI=1S/C9H17NO2/c1-6-5-10(4)7(2)9(6,3)8(11)12/h6-7H,5H2,1-4H3,(H,11,12). The van der Waals surface area contributed by atoms with Gasteiger partial charge < -0.3 is 10.0 Å². The Labute approximate surface area is 73.4 Å². The molecule has 1 saturated heterocycles. The van der Waals surface area contributed by atoms with Gasteiger partial charge in [-0.15, -0.1) is 0 Å². The lowest BCUT2D eigenvalue weighted by atomic mass is 9.76. The zero-order valence-electron chi connectivity index (χ0n) is 8.16. The predicted octanol–water partition coefficient (Wildman–Crippen LogP) is 1.05. The zero-order chi connectivity index (χ0) is 9.52. The third-order valence-corrected chi connectivity index (χ3v) is 3.58. The van der Waals surface area contributed by atoms with Gasteiger partial charge in [-0.05, 0) is 26.8 Å². The Morgan fingerprint density at radius 3 is 2.25 bits per heavy atom. The Morgan fingerprint density at radius 2 is 2.08 bits per heavy atom. The fourth-order valence-corrected chi connectivity index (χ4v) is 2.04. The number of nitrogens with zero attached hydrogens (tertiary/aromatic N) is 1. The Bertz CT molecular complexity index is 205. The van der Waals surface area contributed by atoms with Crippen LogP contribution in [0.25, 0.3) is 0 Å². The van der Waals surface area contributed by atoms with Crippen LogP contribution in [0.5, 0.6) is 0 Å². The smallest absolute Gasteiger partial charge is 0.311 e. The molecule has 3 atom stereocenters. The fraction of sp³-hybridized carbons (Fsp3) is 0.889. The number of rotatable bonds is 1. The summed E-state index contributed by atoms with van der Waals surface area (Å²) < 4.78 is 0. The van der Waals surface area contributed by atoms with Gasteiger partial charge in [0.25, 0.3) is 0 Å². The van der Waals surface area contributed by atoms with Crippen molar-refractivity contribution in [3.05, 3.63) is 0 Å². The molecular weight excluding hydrogens is 154 g/mol. The summed E-state index contributed by atoms with van der Waals surface area (Å²) in [6.45, 7) is 6.71. The van der Waals surface area contributed by atoms with Crippen molar-refractivity contribution in [3.8, 4) is 0 Å². The van der Waals surface area contributed by atoms with Gasteiger partial charge in [0.2, 0.25) is 0 Å². The second kappa shape index (κ2) is 2.73. The minimum Gasteiger partial charge on any atom is -0.481 e. The van der Waals surface area contributed by atoms with E-state index in [-0.39, 0.29) is 12.0 Å². The molecule has 0 bridgehead atoms. The number of hydrogen-bond donors (Lipinski definition) is 1. The monoisotopic (exact) mass is 171 g/mol. The van der Waals surface area contributed by atoms with Gasteiger partial charge in [0.1, 0.15) is 0 Å². The van der Waals surface area contributed by atoms with Gasteiger partial charge in [0, 0.05) is 12.6 Å². The number of carbonyl (C=O) groups is 1. The minimum absolute atomic E-state index is 0.130. The SMILES string of the molecule is CC1CN(C)C(C)C1(C)C(=O)O. The van der Waals surface area contributed by atoms with Gasteiger partial charge >= 0.3 is 5.97 Å². The van der Waals surface area contributed by atoms with Crippen LogP contribution in [0.4, 0.5) is 0 Å². The molecule has 0 amide bonds. The highest BCUT2D eigenvalue weighted by atomic mass is 16.4. The van der Waals surface area contributed by atoms with E-state index in [9.17, 15) is 4.79 Å². The molecule has 0 aromatic rings. The molecule has 0 radical (unpaired) electrons. The van der Waals surface area contributed by atoms with E-state index in [2.05, 4.69) is 4.90 Å². The van der Waals surface area contributed by atoms with Crippen LogP contribution in [0, 0.1) is 11.3 Å². The zero-order valence-corrected chi connectivity index (χ0v) is 8.16. The Balaban J connectivity index is 2.95. The van der Waals surface area contributed by atoms with E-state index in [1.165, 1.54) is 0 Å². The number of carboxylic acid groups (broad SMARTS) is 1. The average Bonchev–Trinajstić information content (AvgIpc) is 2.16. The minimum atomic E-state index is -0.674. The molecule has 0 spiro atoms. The lowest BCUT2D eigenvalue weighted by Crippen LogP contribution is -2.41. The van der Waals surface area contributed by atoms with Crippen molar-refractivity contribution < 1.29 is 9.90 Å². The van der Waals surface area contributed by atoms with Crippen LogP contribution >= 0.6 is 0 Å². The van der Waals surface area contributed by atoms with Crippen LogP contribution in [0.15, 0.2) is 0 Å². The molecule has 1 rings (SSSR count). The molecule has 1 fully saturated rings. The van der Waals surface area contributed by atoms with E-state index in [1.807, 2.05) is 27.8 Å². The summed E-state index contributed by atoms with van der Waals surface area (Å²) in [6.07, 6.45) is 0. The molecule has 70 valence electrons. The largest absolute Gasteiger partial charge is 0.481 e. The molecule has 0 saturated carbocycles. The van der Waals surface area contributed by atoms with Crippen LogP contribution in [0.3, 0.4) is 0 Å². The topological polar surface area (TPSA) is 40.5 Å². The Morgan fingerprint density at radius 1 is 1.58 bits per heavy atom. The van der Waals surface area contributed by atoms with Gasteiger partial charge in [-0.2, -0.15) is 0 Å². The van der Waals surface area contributed by atoms with Crippen LogP contribution in [0.1, 0.15) is 20.8 Å². The summed E-state index contributed by atoms with van der Waals surface area (Å²) in [7, 11) is 1.98. The number of aliphatic carboxylic acids is 1. The first-order valence-electron chi connectivity index (χ1n) is 4.34. The van der Waals surface area contributed by atoms with E-state index in [4.69, 9.17) is 5.11 Å². The highest BCUT2D eigenvalue weighted by Gasteiger charge is 2.50. The van der Waals surface area contributed by atoms with Crippen LogP contribution in [0.2, 0.25) is 0 Å². The van der Waals surface area contributed by atoms with Crippen molar-refractivity contribution in [1.82, 2.24) is 4.90 Å². The third kappa shape index (κ3) is 1.04. The maximum absolute atomic E-state index is 11.1. The van der Waals surface area contributed by atoms with Crippen molar-refractivity contribution in [2.75, 3.05) is 13.6 Å². The second-order valence-electron chi connectivity index (χ2n) is 4.10. The van der Waals surface area contributed by atoms with Crippen molar-refractivity contribution in [2.45, 2.75) is 26.8 Å². The summed E-state index contributed by atoms with van der Waals surface area (Å²) in [4.78, 5) is 13.2. The van der Waals surface area contributed by atoms with Gasteiger partial charge in [-0.25, -0.2) is 0 Å². The lowest BCUT2D eigenvalue weighted by Gasteiger charge is -2.29.